The molecule has 27 heavy (non-hydrogen) atoms. The van der Waals surface area contributed by atoms with E-state index in [4.69, 9.17) is 21.1 Å². The van der Waals surface area contributed by atoms with Gasteiger partial charge >= 0.3 is 0 Å². The summed E-state index contributed by atoms with van der Waals surface area (Å²) in [5.74, 6) is 0.203. The van der Waals surface area contributed by atoms with E-state index in [1.165, 1.54) is 0 Å². The van der Waals surface area contributed by atoms with Gasteiger partial charge in [0.15, 0.2) is 6.29 Å². The maximum absolute atomic E-state index is 12.4. The van der Waals surface area contributed by atoms with Crippen molar-refractivity contribution in [2.24, 2.45) is 11.3 Å². The summed E-state index contributed by atoms with van der Waals surface area (Å²) in [6, 6.07) is 14.4. The van der Waals surface area contributed by atoms with Crippen molar-refractivity contribution in [3.05, 3.63) is 64.7 Å². The summed E-state index contributed by atoms with van der Waals surface area (Å²) in [6.45, 7) is 9.28. The molecule has 0 radical (unpaired) electrons. The molecule has 1 aliphatic rings. The molecule has 2 atom stereocenters. The zero-order chi connectivity index (χ0) is 19.6. The van der Waals surface area contributed by atoms with Crippen LogP contribution in [0.5, 0.6) is 0 Å². The SMILES string of the molecule is CC(C)C1OC(c2cccc(NC(=O)c3ccc(Cl)cc3)c2)OCC1(C)C. The Bertz CT molecular complexity index is 801. The molecule has 2 aromatic rings. The molecule has 0 spiro atoms. The van der Waals surface area contributed by atoms with E-state index in [9.17, 15) is 4.79 Å². The normalized spacial score (nSPS) is 21.9. The van der Waals surface area contributed by atoms with E-state index in [2.05, 4.69) is 33.0 Å². The van der Waals surface area contributed by atoms with Crippen LogP contribution in [0.1, 0.15) is 49.9 Å². The lowest BCUT2D eigenvalue weighted by Crippen LogP contribution is -2.45. The lowest BCUT2D eigenvalue weighted by molar-refractivity contribution is -0.274. The van der Waals surface area contributed by atoms with Gasteiger partial charge in [0.1, 0.15) is 0 Å². The van der Waals surface area contributed by atoms with E-state index in [1.54, 1.807) is 24.3 Å². The molecule has 1 amide bonds. The van der Waals surface area contributed by atoms with Crippen LogP contribution in [-0.2, 0) is 9.47 Å². The van der Waals surface area contributed by atoms with Crippen molar-refractivity contribution in [3.63, 3.8) is 0 Å². The van der Waals surface area contributed by atoms with Crippen LogP contribution >= 0.6 is 11.6 Å². The predicted octanol–water partition coefficient (Wildman–Crippen LogP) is 5.69. The van der Waals surface area contributed by atoms with Gasteiger partial charge in [0.05, 0.1) is 12.7 Å². The van der Waals surface area contributed by atoms with Crippen LogP contribution in [0.4, 0.5) is 5.69 Å². The molecular formula is C22H26ClNO3. The maximum atomic E-state index is 12.4. The van der Waals surface area contributed by atoms with Gasteiger partial charge < -0.3 is 14.8 Å². The largest absolute Gasteiger partial charge is 0.348 e. The monoisotopic (exact) mass is 387 g/mol. The van der Waals surface area contributed by atoms with Gasteiger partial charge in [0.2, 0.25) is 0 Å². The Hall–Kier alpha value is -1.88. The van der Waals surface area contributed by atoms with Crippen molar-refractivity contribution < 1.29 is 14.3 Å². The number of ether oxygens (including phenoxy) is 2. The van der Waals surface area contributed by atoms with Gasteiger partial charge in [-0.05, 0) is 42.3 Å². The number of benzene rings is 2. The number of halogens is 1. The number of nitrogens with one attached hydrogen (secondary N) is 1. The molecular weight excluding hydrogens is 362 g/mol. The molecule has 0 bridgehead atoms. The second-order valence-corrected chi connectivity index (χ2v) is 8.46. The molecule has 1 saturated heterocycles. The van der Waals surface area contributed by atoms with E-state index >= 15 is 0 Å². The van der Waals surface area contributed by atoms with Crippen molar-refractivity contribution >= 4 is 23.2 Å². The number of rotatable bonds is 4. The van der Waals surface area contributed by atoms with Crippen LogP contribution in [0.2, 0.25) is 5.02 Å². The van der Waals surface area contributed by atoms with Crippen molar-refractivity contribution in [2.45, 2.75) is 40.1 Å². The minimum Gasteiger partial charge on any atom is -0.348 e. The summed E-state index contributed by atoms with van der Waals surface area (Å²) in [5, 5.41) is 3.51. The van der Waals surface area contributed by atoms with Crippen LogP contribution in [0, 0.1) is 11.3 Å². The van der Waals surface area contributed by atoms with Crippen LogP contribution in [0.15, 0.2) is 48.5 Å². The van der Waals surface area contributed by atoms with Crippen molar-refractivity contribution in [1.82, 2.24) is 0 Å². The lowest BCUT2D eigenvalue weighted by Gasteiger charge is -2.44. The van der Waals surface area contributed by atoms with E-state index in [0.717, 1.165) is 5.56 Å². The van der Waals surface area contributed by atoms with Crippen molar-refractivity contribution in [2.75, 3.05) is 11.9 Å². The average Bonchev–Trinajstić information content (AvgIpc) is 2.62. The van der Waals surface area contributed by atoms with Gasteiger partial charge in [-0.15, -0.1) is 0 Å². The molecule has 1 aliphatic heterocycles. The number of amides is 1. The molecule has 0 aliphatic carbocycles. The van der Waals surface area contributed by atoms with Gasteiger partial charge in [-0.25, -0.2) is 0 Å². The fourth-order valence-electron chi connectivity index (χ4n) is 3.53. The Morgan fingerprint density at radius 1 is 1.19 bits per heavy atom. The number of anilines is 1. The number of hydrogen-bond donors (Lipinski definition) is 1. The highest BCUT2D eigenvalue weighted by molar-refractivity contribution is 6.30. The fourth-order valence-corrected chi connectivity index (χ4v) is 3.66. The molecule has 1 heterocycles. The molecule has 3 rings (SSSR count). The van der Waals surface area contributed by atoms with Crippen molar-refractivity contribution in [1.29, 1.82) is 0 Å². The van der Waals surface area contributed by atoms with E-state index in [-0.39, 0.29) is 17.4 Å². The van der Waals surface area contributed by atoms with E-state index in [1.807, 2.05) is 24.3 Å². The highest BCUT2D eigenvalue weighted by atomic mass is 35.5. The Labute approximate surface area is 165 Å². The molecule has 2 unspecified atom stereocenters. The minimum absolute atomic E-state index is 0.0366. The minimum atomic E-state index is -0.433. The lowest BCUT2D eigenvalue weighted by atomic mass is 9.80. The summed E-state index contributed by atoms with van der Waals surface area (Å²) in [5.41, 5.74) is 2.11. The Morgan fingerprint density at radius 3 is 2.56 bits per heavy atom. The summed E-state index contributed by atoms with van der Waals surface area (Å²) < 4.78 is 12.2. The van der Waals surface area contributed by atoms with Gasteiger partial charge in [0.25, 0.3) is 5.91 Å². The second kappa shape index (κ2) is 8.01. The summed E-state index contributed by atoms with van der Waals surface area (Å²) in [6.07, 6.45) is -0.332. The summed E-state index contributed by atoms with van der Waals surface area (Å²) in [4.78, 5) is 12.4. The smallest absolute Gasteiger partial charge is 0.255 e. The first-order valence-electron chi connectivity index (χ1n) is 9.20. The number of carbonyl (C=O) groups is 1. The van der Waals surface area contributed by atoms with Gasteiger partial charge in [-0.1, -0.05) is 51.4 Å². The topological polar surface area (TPSA) is 47.6 Å². The highest BCUT2D eigenvalue weighted by Gasteiger charge is 2.40. The fraction of sp³-hybridized carbons (Fsp3) is 0.409. The Morgan fingerprint density at radius 2 is 1.89 bits per heavy atom. The van der Waals surface area contributed by atoms with Gasteiger partial charge in [0, 0.05) is 27.3 Å². The van der Waals surface area contributed by atoms with E-state index in [0.29, 0.717) is 28.8 Å². The Kier molecular flexibility index (Phi) is 5.89. The van der Waals surface area contributed by atoms with Crippen LogP contribution in [-0.4, -0.2) is 18.6 Å². The molecule has 4 nitrogen and oxygen atoms in total. The third-order valence-corrected chi connectivity index (χ3v) is 5.03. The standard InChI is InChI=1S/C22H26ClNO3/c1-14(2)19-22(3,4)13-26-21(27-19)16-6-5-7-18(12-16)24-20(25)15-8-10-17(23)11-9-15/h5-12,14,19,21H,13H2,1-4H3,(H,24,25). The number of carbonyl (C=O) groups excluding carboxylic acids is 1. The summed E-state index contributed by atoms with van der Waals surface area (Å²) in [7, 11) is 0. The molecule has 5 heteroatoms. The Balaban J connectivity index is 1.74. The third-order valence-electron chi connectivity index (χ3n) is 4.78. The average molecular weight is 388 g/mol. The zero-order valence-corrected chi connectivity index (χ0v) is 16.9. The summed E-state index contributed by atoms with van der Waals surface area (Å²) >= 11 is 5.88. The molecule has 0 saturated carbocycles. The molecule has 1 fully saturated rings. The molecule has 144 valence electrons. The quantitative estimate of drug-likeness (QED) is 0.733. The highest BCUT2D eigenvalue weighted by Crippen LogP contribution is 2.39. The van der Waals surface area contributed by atoms with Crippen LogP contribution < -0.4 is 5.32 Å². The second-order valence-electron chi connectivity index (χ2n) is 8.02. The van der Waals surface area contributed by atoms with E-state index < -0.39 is 6.29 Å². The first-order valence-corrected chi connectivity index (χ1v) is 9.58. The molecule has 1 N–H and O–H groups in total. The third kappa shape index (κ3) is 4.70. The van der Waals surface area contributed by atoms with Crippen LogP contribution in [0.3, 0.4) is 0 Å². The number of hydrogen-bond acceptors (Lipinski definition) is 3. The molecule has 2 aromatic carbocycles. The van der Waals surface area contributed by atoms with Crippen LogP contribution in [0.25, 0.3) is 0 Å². The first kappa shape index (κ1) is 19.9. The zero-order valence-electron chi connectivity index (χ0n) is 16.2. The first-order chi connectivity index (χ1) is 12.8. The van der Waals surface area contributed by atoms with Gasteiger partial charge in [-0.2, -0.15) is 0 Å². The maximum Gasteiger partial charge on any atom is 0.255 e. The van der Waals surface area contributed by atoms with Gasteiger partial charge in [-0.3, -0.25) is 4.79 Å². The predicted molar refractivity (Wildman–Crippen MR) is 108 cm³/mol. The van der Waals surface area contributed by atoms with Crippen molar-refractivity contribution in [3.8, 4) is 0 Å². The molecule has 0 aromatic heterocycles.